The molecule has 8 atom stereocenters. The minimum absolute atomic E-state index is 0.367. The smallest absolute Gasteiger partial charge is 0.119 e. The molecule has 0 spiro atoms. The average molecular weight is 398 g/mol. The summed E-state index contributed by atoms with van der Waals surface area (Å²) in [6.45, 7) is 1.02. The van der Waals surface area contributed by atoms with Crippen LogP contribution in [-0.2, 0) is 0 Å². The van der Waals surface area contributed by atoms with Crippen LogP contribution >= 0.6 is 0 Å². The van der Waals surface area contributed by atoms with E-state index in [0.29, 0.717) is 19.2 Å². The maximum atomic E-state index is 10.4. The highest BCUT2D eigenvalue weighted by molar-refractivity contribution is 5.20. The van der Waals surface area contributed by atoms with Gasteiger partial charge in [0.05, 0.1) is 0 Å². The van der Waals surface area contributed by atoms with E-state index in [2.05, 4.69) is 5.32 Å². The van der Waals surface area contributed by atoms with Gasteiger partial charge in [0.15, 0.2) is 0 Å². The number of aliphatic hydroxyl groups is 1. The van der Waals surface area contributed by atoms with Crippen LogP contribution in [0.25, 0.3) is 0 Å². The van der Waals surface area contributed by atoms with Crippen molar-refractivity contribution in [2.45, 2.75) is 76.4 Å². The van der Waals surface area contributed by atoms with Gasteiger partial charge in [-0.3, -0.25) is 0 Å². The molecule has 0 bridgehead atoms. The molecule has 0 unspecified atom stereocenters. The zero-order chi connectivity index (χ0) is 19.6. The number of benzene rings is 1. The van der Waals surface area contributed by atoms with Crippen molar-refractivity contribution in [3.05, 3.63) is 30.3 Å². The Kier molecular flexibility index (Phi) is 6.15. The lowest BCUT2D eigenvalue weighted by Crippen LogP contribution is -2.47. The second-order valence-electron chi connectivity index (χ2n) is 10.4. The normalized spacial score (nSPS) is 39.8. The summed E-state index contributed by atoms with van der Waals surface area (Å²) in [5.74, 6) is 6.81. The first-order valence-electron chi connectivity index (χ1n) is 12.4. The summed E-state index contributed by atoms with van der Waals surface area (Å²) in [4.78, 5) is 0. The van der Waals surface area contributed by atoms with E-state index < -0.39 is 6.10 Å². The Balaban J connectivity index is 1.12. The molecule has 0 radical (unpaired) electrons. The molecular weight excluding hydrogens is 358 g/mol. The van der Waals surface area contributed by atoms with E-state index in [9.17, 15) is 5.11 Å². The fourth-order valence-corrected chi connectivity index (χ4v) is 7.80. The highest BCUT2D eigenvalue weighted by Gasteiger charge is 2.50. The van der Waals surface area contributed by atoms with Crippen molar-refractivity contribution in [1.29, 1.82) is 0 Å². The fourth-order valence-electron chi connectivity index (χ4n) is 7.80. The number of fused-ring (bicyclic) bond motifs is 5. The van der Waals surface area contributed by atoms with Crippen molar-refractivity contribution in [3.8, 4) is 5.75 Å². The van der Waals surface area contributed by atoms with Crippen molar-refractivity contribution in [2.75, 3.05) is 13.2 Å². The third-order valence-electron chi connectivity index (χ3n) is 9.00. The Bertz CT molecular complexity index is 649. The number of nitrogens with one attached hydrogen (secondary N) is 1. The number of hydrogen-bond acceptors (Lipinski definition) is 3. The molecule has 1 aromatic carbocycles. The van der Waals surface area contributed by atoms with Crippen LogP contribution in [0.1, 0.15) is 64.2 Å². The molecule has 2 N–H and O–H groups in total. The summed E-state index contributed by atoms with van der Waals surface area (Å²) in [6, 6.07) is 10.4. The number of para-hydroxylation sites is 1. The quantitative estimate of drug-likeness (QED) is 0.707. The van der Waals surface area contributed by atoms with Gasteiger partial charge in [0, 0.05) is 12.6 Å². The first-order valence-corrected chi connectivity index (χ1v) is 12.4. The van der Waals surface area contributed by atoms with Gasteiger partial charge in [-0.15, -0.1) is 0 Å². The van der Waals surface area contributed by atoms with Crippen LogP contribution in [0.5, 0.6) is 5.75 Å². The first kappa shape index (κ1) is 19.9. The monoisotopic (exact) mass is 397 g/mol. The highest BCUT2D eigenvalue weighted by atomic mass is 16.5. The van der Waals surface area contributed by atoms with Gasteiger partial charge in [0.2, 0.25) is 0 Å². The number of rotatable bonds is 6. The van der Waals surface area contributed by atoms with Gasteiger partial charge in [-0.1, -0.05) is 37.5 Å². The van der Waals surface area contributed by atoms with Crippen LogP contribution in [0, 0.1) is 35.5 Å². The second kappa shape index (κ2) is 8.98. The van der Waals surface area contributed by atoms with E-state index in [4.69, 9.17) is 4.74 Å². The molecule has 4 saturated carbocycles. The Labute approximate surface area is 176 Å². The van der Waals surface area contributed by atoms with E-state index in [-0.39, 0.29) is 0 Å². The summed E-state index contributed by atoms with van der Waals surface area (Å²) < 4.78 is 5.72. The SMILES string of the molecule is O[C@@H](CN[C@@H]1CC[C@H]2[C@H]3CC[C@H]4CCCC[C@@H]4[C@@H]3CC[C@@H]21)COc1ccccc1. The number of ether oxygens (including phenoxy) is 1. The molecule has 4 aliphatic carbocycles. The standard InChI is InChI=1S/C26H39NO2/c28-19(17-29-20-7-2-1-3-8-20)16-27-26-15-14-24-23-11-10-18-6-4-5-9-21(18)22(23)12-13-25(24)26/h1-3,7-8,18-19,21-28H,4-6,9-17H2/t18-,19+,21+,22+,23+,24+,25+,26-/m1/s1. The summed E-state index contributed by atoms with van der Waals surface area (Å²) in [6.07, 6.45) is 14.2. The molecule has 0 aromatic heterocycles. The van der Waals surface area contributed by atoms with Crippen LogP contribution in [0.2, 0.25) is 0 Å². The Morgan fingerprint density at radius 3 is 2.38 bits per heavy atom. The van der Waals surface area contributed by atoms with Crippen LogP contribution < -0.4 is 10.1 Å². The second-order valence-corrected chi connectivity index (χ2v) is 10.4. The topological polar surface area (TPSA) is 41.5 Å². The van der Waals surface area contributed by atoms with Crippen molar-refractivity contribution in [1.82, 2.24) is 5.32 Å². The fraction of sp³-hybridized carbons (Fsp3) is 0.769. The molecular formula is C26H39NO2. The molecule has 0 aliphatic heterocycles. The molecule has 0 heterocycles. The Morgan fingerprint density at radius 2 is 1.48 bits per heavy atom. The summed E-state index contributed by atoms with van der Waals surface area (Å²) in [7, 11) is 0. The largest absolute Gasteiger partial charge is 0.491 e. The summed E-state index contributed by atoms with van der Waals surface area (Å²) >= 11 is 0. The van der Waals surface area contributed by atoms with E-state index in [1.807, 2.05) is 30.3 Å². The first-order chi connectivity index (χ1) is 14.3. The number of aliphatic hydroxyl groups excluding tert-OH is 1. The average Bonchev–Trinajstić information content (AvgIpc) is 3.20. The molecule has 3 heteroatoms. The summed E-state index contributed by atoms with van der Waals surface area (Å²) in [5, 5.41) is 14.1. The minimum Gasteiger partial charge on any atom is -0.491 e. The minimum atomic E-state index is -0.441. The zero-order valence-corrected chi connectivity index (χ0v) is 17.8. The van der Waals surface area contributed by atoms with E-state index in [0.717, 1.165) is 41.3 Å². The molecule has 3 nitrogen and oxygen atoms in total. The van der Waals surface area contributed by atoms with Crippen molar-refractivity contribution < 1.29 is 9.84 Å². The van der Waals surface area contributed by atoms with Crippen LogP contribution in [-0.4, -0.2) is 30.4 Å². The van der Waals surface area contributed by atoms with E-state index >= 15 is 0 Å². The third-order valence-corrected chi connectivity index (χ3v) is 9.00. The number of hydrogen-bond donors (Lipinski definition) is 2. The maximum Gasteiger partial charge on any atom is 0.119 e. The van der Waals surface area contributed by atoms with Crippen molar-refractivity contribution in [3.63, 3.8) is 0 Å². The van der Waals surface area contributed by atoms with Gasteiger partial charge in [0.1, 0.15) is 18.5 Å². The molecule has 1 aromatic rings. The lowest BCUT2D eigenvalue weighted by molar-refractivity contribution is -0.0223. The third kappa shape index (κ3) is 4.23. The summed E-state index contributed by atoms with van der Waals surface area (Å²) in [5.41, 5.74) is 0. The predicted octanol–water partition coefficient (Wildman–Crippen LogP) is 5.04. The van der Waals surface area contributed by atoms with Gasteiger partial charge in [-0.05, 0) is 92.6 Å². The zero-order valence-electron chi connectivity index (χ0n) is 17.8. The van der Waals surface area contributed by atoms with Crippen LogP contribution in [0.3, 0.4) is 0 Å². The Morgan fingerprint density at radius 1 is 0.793 bits per heavy atom. The highest BCUT2D eigenvalue weighted by Crippen LogP contribution is 2.57. The Hall–Kier alpha value is -1.06. The van der Waals surface area contributed by atoms with Crippen molar-refractivity contribution in [2.24, 2.45) is 35.5 Å². The molecule has 160 valence electrons. The molecule has 5 rings (SSSR count). The van der Waals surface area contributed by atoms with Gasteiger partial charge in [0.25, 0.3) is 0 Å². The lowest BCUT2D eigenvalue weighted by Gasteiger charge is -2.52. The molecule has 0 amide bonds. The van der Waals surface area contributed by atoms with Gasteiger partial charge in [-0.25, -0.2) is 0 Å². The van der Waals surface area contributed by atoms with Gasteiger partial charge < -0.3 is 15.2 Å². The molecule has 4 aliphatic rings. The predicted molar refractivity (Wildman–Crippen MR) is 117 cm³/mol. The molecule has 0 saturated heterocycles. The van der Waals surface area contributed by atoms with Crippen molar-refractivity contribution >= 4 is 0 Å². The van der Waals surface area contributed by atoms with Gasteiger partial charge in [-0.2, -0.15) is 0 Å². The molecule has 4 fully saturated rings. The van der Waals surface area contributed by atoms with Crippen LogP contribution in [0.4, 0.5) is 0 Å². The lowest BCUT2D eigenvalue weighted by atomic mass is 9.53. The van der Waals surface area contributed by atoms with Gasteiger partial charge >= 0.3 is 0 Å². The maximum absolute atomic E-state index is 10.4. The van der Waals surface area contributed by atoms with E-state index in [1.54, 1.807) is 0 Å². The molecule has 29 heavy (non-hydrogen) atoms. The van der Waals surface area contributed by atoms with E-state index in [1.165, 1.54) is 64.2 Å². The van der Waals surface area contributed by atoms with Crippen LogP contribution in [0.15, 0.2) is 30.3 Å².